The molecule has 0 amide bonds. The highest BCUT2D eigenvalue weighted by molar-refractivity contribution is 6.02. The van der Waals surface area contributed by atoms with Crippen LogP contribution in [0.2, 0.25) is 0 Å². The zero-order valence-corrected chi connectivity index (χ0v) is 53.9. The number of carboxylic acids is 2. The van der Waals surface area contributed by atoms with Crippen molar-refractivity contribution in [1.29, 1.82) is 0 Å². The molecule has 0 saturated heterocycles. The number of allylic oxidation sites excluding steroid dienone is 8. The zero-order chi connectivity index (χ0) is 67.3. The number of hydrogen-bond donors (Lipinski definition) is 3. The third kappa shape index (κ3) is 12.3. The number of halogens is 2. The van der Waals surface area contributed by atoms with E-state index in [4.69, 9.17) is 33.9 Å². The standard InChI is InChI=1S/C35H41FO8.C28H37FO7.2C3H6O2/c1-6-29(39)42-20-27(38)35(44-30(40)7-2)21(3)17-26-25-14-13-23-18-24(37)15-16-32(23,4)34(25,36)28(19-33(26,35)5)43-31(41)22-11-9-8-10-12-22;1-6-23(33)35-15-22(32)28(36-24(34)7-2)16(3)12-20-19-9-8-17-13-18(30)10-11-25(17,4)27(19,29)21(31)14-26(20,28)5;2*1-2-3(4)5/h8-12,15-16,18,21,25-26,28H,6-7,13-14,17,19-20H2,1-5H3;10-11,13,16,19-21,31H,6-9,12,14-15H2,1-5H3;2*2H2,1H3,(H,4,5)/t21-,25-,26-,28-,32-,33-,34?,35-;16-,19-,20-,21-,25-,26-,27?,28-;;/m00../s1. The highest BCUT2D eigenvalue weighted by atomic mass is 19.1. The van der Waals surface area contributed by atoms with E-state index < -0.39 is 153 Å². The first kappa shape index (κ1) is 72.0. The number of aliphatic hydroxyl groups excluding tert-OH is 1. The predicted molar refractivity (Wildman–Crippen MR) is 322 cm³/mol. The Bertz CT molecular complexity index is 3100. The Labute approximate surface area is 525 Å². The molecule has 6 fully saturated rings. The maximum absolute atomic E-state index is 18.5. The summed E-state index contributed by atoms with van der Waals surface area (Å²) < 4.78 is 64.5. The van der Waals surface area contributed by atoms with Crippen LogP contribution >= 0.6 is 0 Å². The summed E-state index contributed by atoms with van der Waals surface area (Å²) in [6.07, 6.45) is 8.98. The van der Waals surface area contributed by atoms with E-state index in [2.05, 4.69) is 0 Å². The molecular formula is C69H90F2O19. The second-order valence-corrected chi connectivity index (χ2v) is 26.0. The van der Waals surface area contributed by atoms with Crippen LogP contribution in [0.15, 0.2) is 77.9 Å². The van der Waals surface area contributed by atoms with Gasteiger partial charge >= 0.3 is 41.8 Å². The number of hydrogen-bond acceptors (Lipinski definition) is 17. The summed E-state index contributed by atoms with van der Waals surface area (Å²) >= 11 is 0. The summed E-state index contributed by atoms with van der Waals surface area (Å²) in [7, 11) is 0. The van der Waals surface area contributed by atoms with Gasteiger partial charge in [0.2, 0.25) is 11.6 Å². The Balaban J connectivity index is 0.000000252. The first-order chi connectivity index (χ1) is 42.1. The molecule has 6 saturated carbocycles. The van der Waals surface area contributed by atoms with E-state index in [0.29, 0.717) is 49.7 Å². The van der Waals surface area contributed by atoms with Crippen molar-refractivity contribution < 1.29 is 101 Å². The largest absolute Gasteiger partial charge is 0.481 e. The molecule has 1 aromatic rings. The van der Waals surface area contributed by atoms with Gasteiger partial charge in [-0.1, -0.05) is 111 Å². The number of carboxylic acid groups (broad SMARTS) is 2. The lowest BCUT2D eigenvalue weighted by atomic mass is 9.44. The minimum atomic E-state index is -2.13. The van der Waals surface area contributed by atoms with Crippen LogP contribution < -0.4 is 0 Å². The van der Waals surface area contributed by atoms with Crippen LogP contribution in [0.1, 0.15) is 183 Å². The van der Waals surface area contributed by atoms with Gasteiger partial charge in [-0.15, -0.1) is 0 Å². The zero-order valence-electron chi connectivity index (χ0n) is 53.9. The smallest absolute Gasteiger partial charge is 0.338 e. The van der Waals surface area contributed by atoms with E-state index >= 15 is 8.78 Å². The molecule has 1 aromatic carbocycles. The Hall–Kier alpha value is -7.03. The first-order valence-electron chi connectivity index (χ1n) is 31.6. The van der Waals surface area contributed by atoms with Gasteiger partial charge in [0.1, 0.15) is 6.10 Å². The molecule has 0 aliphatic heterocycles. The van der Waals surface area contributed by atoms with E-state index in [1.165, 1.54) is 24.3 Å². The summed E-state index contributed by atoms with van der Waals surface area (Å²) in [5.41, 5.74) is -10.7. The van der Waals surface area contributed by atoms with Crippen LogP contribution in [0.3, 0.4) is 0 Å². The molecule has 3 N–H and O–H groups in total. The lowest BCUT2D eigenvalue weighted by Gasteiger charge is -2.63. The number of esters is 5. The van der Waals surface area contributed by atoms with Crippen molar-refractivity contribution in [2.24, 2.45) is 57.2 Å². The number of aliphatic carboxylic acids is 2. The fourth-order valence-corrected chi connectivity index (χ4v) is 16.9. The molecule has 2 unspecified atom stereocenters. The molecule has 0 spiro atoms. The summed E-state index contributed by atoms with van der Waals surface area (Å²) in [5.74, 6) is -9.15. The number of carbonyl (C=O) groups excluding carboxylic acids is 9. The summed E-state index contributed by atoms with van der Waals surface area (Å²) in [5, 5.41) is 27.0. The molecule has 21 heteroatoms. The number of ketones is 4. The molecule has 494 valence electrons. The summed E-state index contributed by atoms with van der Waals surface area (Å²) in [6.45, 7) is 19.3. The molecular weight excluding hydrogens is 1170 g/mol. The normalized spacial score (nSPS) is 36.2. The van der Waals surface area contributed by atoms with Gasteiger partial charge in [0, 0.05) is 83.9 Å². The van der Waals surface area contributed by atoms with Crippen molar-refractivity contribution in [2.45, 2.75) is 208 Å². The number of rotatable bonds is 16. The molecule has 19 nitrogen and oxygen atoms in total. The van der Waals surface area contributed by atoms with Crippen LogP contribution in [0.4, 0.5) is 8.78 Å². The molecule has 90 heavy (non-hydrogen) atoms. The predicted octanol–water partition coefficient (Wildman–Crippen LogP) is 10.5. The lowest BCUT2D eigenvalue weighted by Crippen LogP contribution is -2.70. The molecule has 0 aromatic heterocycles. The SMILES string of the molecule is CCC(=O)O.CCC(=O)O.CCC(=O)OCC(=O)[C@@]1(OC(=O)CC)[C@@H](C)C[C@H]2[C@@H]3CCC4=CC(=O)C=C[C@]4(C)C3(F)[C@@H](O)C[C@@]21C.CCC(=O)OCC(=O)[C@@]1(OC(=O)CC)[C@@H](C)C[C@H]2[C@@H]3CCC4=CC(=O)C=C[C@]4(C)C3(F)[C@@H](OC(=O)c3ccccc3)C[C@@]21C. The van der Waals surface area contributed by atoms with Crippen LogP contribution in [-0.2, 0) is 71.6 Å². The molecule has 0 heterocycles. The quantitative estimate of drug-likeness (QED) is 0.102. The lowest BCUT2D eigenvalue weighted by molar-refractivity contribution is -0.228. The molecule has 0 bridgehead atoms. The van der Waals surface area contributed by atoms with Crippen molar-refractivity contribution in [3.05, 3.63) is 83.5 Å². The van der Waals surface area contributed by atoms with Crippen LogP contribution in [0.5, 0.6) is 0 Å². The van der Waals surface area contributed by atoms with Crippen LogP contribution in [0, 0.1) is 57.2 Å². The van der Waals surface area contributed by atoms with Crippen molar-refractivity contribution in [2.75, 3.05) is 13.2 Å². The Kier molecular flexibility index (Phi) is 22.3. The summed E-state index contributed by atoms with van der Waals surface area (Å²) in [6, 6.07) is 8.30. The van der Waals surface area contributed by atoms with E-state index in [1.54, 1.807) is 105 Å². The van der Waals surface area contributed by atoms with Crippen molar-refractivity contribution in [1.82, 2.24) is 0 Å². The van der Waals surface area contributed by atoms with Gasteiger partial charge in [0.15, 0.2) is 47.3 Å². The topological polar surface area (TPSA) is 295 Å². The Morgan fingerprint density at radius 2 is 0.922 bits per heavy atom. The van der Waals surface area contributed by atoms with Gasteiger partial charge in [-0.25, -0.2) is 13.6 Å². The van der Waals surface area contributed by atoms with E-state index in [-0.39, 0.29) is 74.4 Å². The third-order valence-corrected chi connectivity index (χ3v) is 21.5. The van der Waals surface area contributed by atoms with Crippen molar-refractivity contribution >= 4 is 64.9 Å². The minimum Gasteiger partial charge on any atom is -0.481 e. The van der Waals surface area contributed by atoms with Gasteiger partial charge < -0.3 is 39.0 Å². The van der Waals surface area contributed by atoms with Gasteiger partial charge in [0.25, 0.3) is 0 Å². The molecule has 8 aliphatic rings. The molecule has 9 rings (SSSR count). The number of benzene rings is 1. The number of ether oxygens (including phenoxy) is 5. The Morgan fingerprint density at radius 1 is 0.544 bits per heavy atom. The third-order valence-electron chi connectivity index (χ3n) is 21.5. The van der Waals surface area contributed by atoms with Gasteiger partial charge in [0.05, 0.1) is 11.7 Å². The Morgan fingerprint density at radius 3 is 1.31 bits per heavy atom. The number of aliphatic hydroxyl groups is 1. The molecule has 0 radical (unpaired) electrons. The summed E-state index contributed by atoms with van der Waals surface area (Å²) in [4.78, 5) is 134. The average Bonchev–Trinajstić information content (AvgIpc) is 1.35. The van der Waals surface area contributed by atoms with Crippen molar-refractivity contribution in [3.63, 3.8) is 0 Å². The highest BCUT2D eigenvalue weighted by Gasteiger charge is 2.80. The fourth-order valence-electron chi connectivity index (χ4n) is 16.9. The second-order valence-electron chi connectivity index (χ2n) is 26.0. The van der Waals surface area contributed by atoms with E-state index in [9.17, 15) is 57.8 Å². The van der Waals surface area contributed by atoms with Gasteiger partial charge in [-0.3, -0.25) is 47.9 Å². The van der Waals surface area contributed by atoms with E-state index in [1.807, 2.05) is 20.8 Å². The number of alkyl halides is 2. The van der Waals surface area contributed by atoms with E-state index in [0.717, 1.165) is 0 Å². The fraction of sp³-hybridized carbons (Fsp3) is 0.638. The molecule has 8 aliphatic carbocycles. The first-order valence-corrected chi connectivity index (χ1v) is 31.6. The number of carbonyl (C=O) groups is 11. The molecule has 16 atom stereocenters. The highest BCUT2D eigenvalue weighted by Crippen LogP contribution is 2.74. The average molecular weight is 1260 g/mol. The minimum absolute atomic E-state index is 0.00515. The maximum Gasteiger partial charge on any atom is 0.338 e. The van der Waals surface area contributed by atoms with Gasteiger partial charge in [-0.05, 0) is 113 Å². The van der Waals surface area contributed by atoms with Crippen LogP contribution in [-0.4, -0.2) is 128 Å². The van der Waals surface area contributed by atoms with Crippen LogP contribution in [0.25, 0.3) is 0 Å². The monoisotopic (exact) mass is 1260 g/mol. The number of fused-ring (bicyclic) bond motifs is 10. The second kappa shape index (κ2) is 27.8. The maximum atomic E-state index is 18.5. The van der Waals surface area contributed by atoms with Gasteiger partial charge in [-0.2, -0.15) is 0 Å². The number of Topliss-reactive ketones (excluding diaryl/α,β-unsaturated/α-hetero) is 2. The van der Waals surface area contributed by atoms with Crippen molar-refractivity contribution in [3.8, 4) is 0 Å².